The van der Waals surface area contributed by atoms with Crippen LogP contribution >= 0.6 is 0 Å². The molecule has 0 aliphatic heterocycles. The Morgan fingerprint density at radius 1 is 0.933 bits per heavy atom. The van der Waals surface area contributed by atoms with Crippen molar-refractivity contribution < 1.29 is 4.79 Å². The first-order valence-corrected chi connectivity index (χ1v) is 9.21. The van der Waals surface area contributed by atoms with Gasteiger partial charge in [-0.15, -0.1) is 0 Å². The molecule has 0 saturated carbocycles. The van der Waals surface area contributed by atoms with Crippen LogP contribution in [0, 0.1) is 0 Å². The van der Waals surface area contributed by atoms with E-state index in [1.807, 2.05) is 30.3 Å². The van der Waals surface area contributed by atoms with Crippen LogP contribution in [-0.2, 0) is 0 Å². The van der Waals surface area contributed by atoms with Crippen LogP contribution in [0.5, 0.6) is 0 Å². The van der Waals surface area contributed by atoms with Crippen molar-refractivity contribution in [1.29, 1.82) is 0 Å². The van der Waals surface area contributed by atoms with Crippen LogP contribution in [0.15, 0.2) is 73.1 Å². The number of hydrogen-bond donors (Lipinski definition) is 4. The summed E-state index contributed by atoms with van der Waals surface area (Å²) in [5.74, 6) is 1.08. The van der Waals surface area contributed by atoms with Gasteiger partial charge in [0.1, 0.15) is 11.5 Å². The average molecular weight is 396 g/mol. The molecule has 0 bridgehead atoms. The minimum atomic E-state index is -0.279. The lowest BCUT2D eigenvalue weighted by molar-refractivity contribution is 0.102. The second-order valence-corrected chi connectivity index (χ2v) is 6.47. The smallest absolute Gasteiger partial charge is 0.258 e. The fourth-order valence-electron chi connectivity index (χ4n) is 3.02. The number of rotatable bonds is 5. The van der Waals surface area contributed by atoms with Gasteiger partial charge in [0.05, 0.1) is 22.9 Å². The Bertz CT molecular complexity index is 1290. The molecule has 0 aliphatic rings. The fourth-order valence-corrected chi connectivity index (χ4v) is 3.02. The van der Waals surface area contributed by atoms with Crippen LogP contribution in [-0.4, -0.2) is 36.0 Å². The van der Waals surface area contributed by atoms with E-state index in [9.17, 15) is 4.79 Å². The van der Waals surface area contributed by atoms with Crippen molar-refractivity contribution in [2.24, 2.45) is 0 Å². The molecule has 0 saturated heterocycles. The second kappa shape index (κ2) is 7.47. The molecule has 3 aromatic heterocycles. The number of aromatic amines is 2. The highest BCUT2D eigenvalue weighted by molar-refractivity contribution is 6.03. The summed E-state index contributed by atoms with van der Waals surface area (Å²) in [5.41, 5.74) is 3.70. The van der Waals surface area contributed by atoms with Crippen LogP contribution in [0.25, 0.3) is 22.6 Å². The molecule has 0 radical (unpaired) electrons. The molecular formula is C21H16N8O. The summed E-state index contributed by atoms with van der Waals surface area (Å²) in [5, 5.41) is 13.0. The molecule has 0 atom stereocenters. The lowest BCUT2D eigenvalue weighted by Crippen LogP contribution is -2.14. The van der Waals surface area contributed by atoms with E-state index in [0.717, 1.165) is 11.0 Å². The van der Waals surface area contributed by atoms with Crippen LogP contribution in [0.1, 0.15) is 10.4 Å². The summed E-state index contributed by atoms with van der Waals surface area (Å²) in [4.78, 5) is 28.7. The number of hydrogen-bond acceptors (Lipinski definition) is 6. The predicted octanol–water partition coefficient (Wildman–Crippen LogP) is 3.74. The number of para-hydroxylation sites is 2. The fraction of sp³-hybridized carbons (Fsp3) is 0. The van der Waals surface area contributed by atoms with Crippen molar-refractivity contribution >= 4 is 34.4 Å². The summed E-state index contributed by atoms with van der Waals surface area (Å²) in [6, 6.07) is 18.4. The maximum absolute atomic E-state index is 12.3. The highest BCUT2D eigenvalue weighted by Crippen LogP contribution is 2.27. The van der Waals surface area contributed by atoms with Gasteiger partial charge < -0.3 is 10.3 Å². The van der Waals surface area contributed by atoms with E-state index in [4.69, 9.17) is 0 Å². The number of H-pyrrole nitrogens is 2. The lowest BCUT2D eigenvalue weighted by atomic mass is 10.2. The Morgan fingerprint density at radius 2 is 1.77 bits per heavy atom. The molecule has 5 aromatic rings. The van der Waals surface area contributed by atoms with Gasteiger partial charge in [-0.25, -0.2) is 9.97 Å². The third-order valence-corrected chi connectivity index (χ3v) is 4.45. The van der Waals surface area contributed by atoms with Crippen molar-refractivity contribution in [2.75, 3.05) is 10.6 Å². The molecular weight excluding hydrogens is 380 g/mol. The molecule has 0 spiro atoms. The Balaban J connectivity index is 1.38. The van der Waals surface area contributed by atoms with Gasteiger partial charge in [0, 0.05) is 11.8 Å². The number of nitrogens with one attached hydrogen (secondary N) is 4. The van der Waals surface area contributed by atoms with Gasteiger partial charge in [-0.2, -0.15) is 10.1 Å². The summed E-state index contributed by atoms with van der Waals surface area (Å²) in [7, 11) is 0. The summed E-state index contributed by atoms with van der Waals surface area (Å²) in [6.45, 7) is 0. The third-order valence-electron chi connectivity index (χ3n) is 4.45. The zero-order valence-corrected chi connectivity index (χ0v) is 15.6. The Morgan fingerprint density at radius 3 is 2.63 bits per heavy atom. The maximum atomic E-state index is 12.3. The Hall–Kier alpha value is -4.53. The number of anilines is 3. The zero-order chi connectivity index (χ0) is 20.3. The molecule has 30 heavy (non-hydrogen) atoms. The summed E-state index contributed by atoms with van der Waals surface area (Å²) in [6.07, 6.45) is 3.21. The first kappa shape index (κ1) is 17.6. The van der Waals surface area contributed by atoms with Gasteiger partial charge in [-0.3, -0.25) is 15.2 Å². The molecule has 3 heterocycles. The van der Waals surface area contributed by atoms with Crippen molar-refractivity contribution in [3.8, 4) is 11.5 Å². The van der Waals surface area contributed by atoms with Crippen LogP contribution in [0.2, 0.25) is 0 Å². The standard InChI is InChI=1S/C21H16N8O/c30-20(13-6-2-1-3-7-13)28-21-22-11-10-17(27-21)24-16-12-23-29-18(16)19-25-14-8-4-5-9-15(14)26-19/h1-12H,(H,23,29)(H,25,26)(H2,22,24,27,28,30). The molecule has 5 rings (SSSR count). The summed E-state index contributed by atoms with van der Waals surface area (Å²) >= 11 is 0. The zero-order valence-electron chi connectivity index (χ0n) is 15.6. The van der Waals surface area contributed by atoms with Gasteiger partial charge in [-0.1, -0.05) is 30.3 Å². The van der Waals surface area contributed by atoms with E-state index in [2.05, 4.69) is 40.8 Å². The minimum absolute atomic E-state index is 0.197. The molecule has 9 nitrogen and oxygen atoms in total. The number of nitrogens with zero attached hydrogens (tertiary/aromatic N) is 4. The van der Waals surface area contributed by atoms with Gasteiger partial charge in [0.2, 0.25) is 5.95 Å². The second-order valence-electron chi connectivity index (χ2n) is 6.47. The Labute approximate surface area is 170 Å². The molecule has 2 aromatic carbocycles. The van der Waals surface area contributed by atoms with Crippen molar-refractivity contribution in [2.45, 2.75) is 0 Å². The van der Waals surface area contributed by atoms with Crippen molar-refractivity contribution in [1.82, 2.24) is 30.1 Å². The van der Waals surface area contributed by atoms with E-state index in [0.29, 0.717) is 28.6 Å². The first-order chi connectivity index (χ1) is 14.8. The van der Waals surface area contributed by atoms with Gasteiger partial charge in [0.15, 0.2) is 5.82 Å². The van der Waals surface area contributed by atoms with Crippen LogP contribution in [0.3, 0.4) is 0 Å². The van der Waals surface area contributed by atoms with E-state index >= 15 is 0 Å². The normalized spacial score (nSPS) is 10.8. The maximum Gasteiger partial charge on any atom is 0.258 e. The SMILES string of the molecule is O=C(Nc1nccc(Nc2cn[nH]c2-c2nc3ccccc3[nH]2)n1)c1ccccc1. The number of carbonyl (C=O) groups excluding carboxylic acids is 1. The van der Waals surface area contributed by atoms with Gasteiger partial charge in [-0.05, 0) is 30.3 Å². The molecule has 0 fully saturated rings. The molecule has 146 valence electrons. The lowest BCUT2D eigenvalue weighted by Gasteiger charge is -2.07. The number of aromatic nitrogens is 6. The summed E-state index contributed by atoms with van der Waals surface area (Å²) < 4.78 is 0. The van der Waals surface area contributed by atoms with E-state index in [1.54, 1.807) is 42.7 Å². The van der Waals surface area contributed by atoms with Gasteiger partial charge >= 0.3 is 0 Å². The third kappa shape index (κ3) is 3.47. The number of amides is 1. The van der Waals surface area contributed by atoms with Crippen LogP contribution in [0.4, 0.5) is 17.5 Å². The number of carbonyl (C=O) groups is 1. The highest BCUT2D eigenvalue weighted by atomic mass is 16.1. The van der Waals surface area contributed by atoms with E-state index < -0.39 is 0 Å². The molecule has 1 amide bonds. The molecule has 0 unspecified atom stereocenters. The monoisotopic (exact) mass is 396 g/mol. The van der Waals surface area contributed by atoms with E-state index in [-0.39, 0.29) is 11.9 Å². The quantitative estimate of drug-likeness (QED) is 0.359. The molecule has 4 N–H and O–H groups in total. The minimum Gasteiger partial charge on any atom is -0.337 e. The predicted molar refractivity (Wildman–Crippen MR) is 113 cm³/mol. The van der Waals surface area contributed by atoms with Crippen LogP contribution < -0.4 is 10.6 Å². The highest BCUT2D eigenvalue weighted by Gasteiger charge is 2.14. The first-order valence-electron chi connectivity index (χ1n) is 9.21. The largest absolute Gasteiger partial charge is 0.337 e. The van der Waals surface area contributed by atoms with Crippen molar-refractivity contribution in [3.05, 3.63) is 78.6 Å². The Kier molecular flexibility index (Phi) is 4.37. The van der Waals surface area contributed by atoms with Crippen molar-refractivity contribution in [3.63, 3.8) is 0 Å². The van der Waals surface area contributed by atoms with Gasteiger partial charge in [0.25, 0.3) is 5.91 Å². The number of fused-ring (bicyclic) bond motifs is 1. The van der Waals surface area contributed by atoms with E-state index in [1.165, 1.54) is 0 Å². The number of imidazole rings is 1. The molecule has 0 aliphatic carbocycles. The topological polar surface area (TPSA) is 124 Å². The average Bonchev–Trinajstić information content (AvgIpc) is 3.41. The number of benzene rings is 2. The molecule has 9 heteroatoms.